The number of alkyl halides is 3. The zero-order chi connectivity index (χ0) is 19.0. The van der Waals surface area contributed by atoms with Gasteiger partial charge >= 0.3 is 23.9 Å². The van der Waals surface area contributed by atoms with Crippen molar-refractivity contribution in [1.29, 1.82) is 0 Å². The van der Waals surface area contributed by atoms with E-state index >= 15 is 0 Å². The first-order valence-electron chi connectivity index (χ1n) is 6.42. The molecule has 0 fully saturated rings. The number of hydrogen-bond donors (Lipinski definition) is 1. The van der Waals surface area contributed by atoms with Gasteiger partial charge in [0.05, 0.1) is 17.6 Å². The van der Waals surface area contributed by atoms with Gasteiger partial charge in [-0.05, 0) is 12.1 Å². The van der Waals surface area contributed by atoms with E-state index in [9.17, 15) is 31.2 Å². The maximum absolute atomic E-state index is 12.9. The van der Waals surface area contributed by atoms with E-state index in [1.807, 2.05) is 0 Å². The second-order valence-electron chi connectivity index (χ2n) is 4.64. The summed E-state index contributed by atoms with van der Waals surface area (Å²) in [6.45, 7) is 0. The fourth-order valence-electron chi connectivity index (χ4n) is 1.88. The number of carbonyl (C=O) groups excluding carboxylic acids is 1. The summed E-state index contributed by atoms with van der Waals surface area (Å²) in [7, 11) is -2.56. The van der Waals surface area contributed by atoms with Crippen LogP contribution in [0.2, 0.25) is 0 Å². The molecule has 0 saturated heterocycles. The van der Waals surface area contributed by atoms with Gasteiger partial charge in [-0.25, -0.2) is 27.3 Å². The number of sulfonamides is 1. The van der Waals surface area contributed by atoms with Gasteiger partial charge in [0.2, 0.25) is 0 Å². The first-order chi connectivity index (χ1) is 11.5. The van der Waals surface area contributed by atoms with Crippen LogP contribution in [0, 0.1) is 0 Å². The van der Waals surface area contributed by atoms with Crippen molar-refractivity contribution in [3.05, 3.63) is 40.3 Å². The first-order valence-corrected chi connectivity index (χ1v) is 7.90. The zero-order valence-corrected chi connectivity index (χ0v) is 16.6. The molecule has 0 spiro atoms. The fourth-order valence-corrected chi connectivity index (χ4v) is 3.03. The number of nitrogens with zero attached hydrogens (tertiary/aromatic N) is 3. The number of halogens is 3. The van der Waals surface area contributed by atoms with Crippen LogP contribution in [-0.2, 0) is 23.2 Å². The summed E-state index contributed by atoms with van der Waals surface area (Å²) in [5.41, 5.74) is -2.50. The zero-order valence-electron chi connectivity index (χ0n) is 13.7. The molecule has 0 unspecified atom stereocenters. The fraction of sp³-hybridized carbons (Fsp3) is 0.250. The third-order valence-corrected chi connectivity index (χ3v) is 4.40. The summed E-state index contributed by atoms with van der Waals surface area (Å²) in [5, 5.41) is 3.42. The van der Waals surface area contributed by atoms with Crippen LogP contribution in [0.5, 0.6) is 6.01 Å². The summed E-state index contributed by atoms with van der Waals surface area (Å²) in [4.78, 5) is 22.6. The number of methoxy groups -OCH3 is 1. The summed E-state index contributed by atoms with van der Waals surface area (Å²) in [5.74, 6) is 0. The molecule has 1 amide bonds. The van der Waals surface area contributed by atoms with Crippen LogP contribution in [0.15, 0.2) is 34.0 Å². The Balaban J connectivity index is 0.00000338. The van der Waals surface area contributed by atoms with Crippen LogP contribution in [0.1, 0.15) is 5.56 Å². The summed E-state index contributed by atoms with van der Waals surface area (Å²) in [6.07, 6.45) is -4.96. The number of hydrogen-bond acceptors (Lipinski definition) is 6. The Bertz CT molecular complexity index is 983. The Labute approximate surface area is 167 Å². The van der Waals surface area contributed by atoms with Crippen molar-refractivity contribution in [2.75, 3.05) is 7.11 Å². The normalized spacial score (nSPS) is 11.6. The number of nitrogens with one attached hydrogen (secondary N) is 1. The van der Waals surface area contributed by atoms with Crippen molar-refractivity contribution < 1.29 is 31.1 Å². The van der Waals surface area contributed by atoms with E-state index in [1.54, 1.807) is 0 Å². The van der Waals surface area contributed by atoms with E-state index in [0.29, 0.717) is 12.1 Å². The second-order valence-corrected chi connectivity index (χ2v) is 6.30. The predicted octanol–water partition coefficient (Wildman–Crippen LogP) is 0.175. The third-order valence-electron chi connectivity index (χ3n) is 3.02. The van der Waals surface area contributed by atoms with E-state index < -0.39 is 38.4 Å². The molecule has 1 aromatic heterocycles. The second kappa shape index (κ2) is 7.82. The molecule has 1 aromatic carbocycles. The molecule has 1 N–H and O–H groups in total. The van der Waals surface area contributed by atoms with Crippen molar-refractivity contribution in [3.8, 4) is 6.01 Å². The van der Waals surface area contributed by atoms with Gasteiger partial charge in [-0.15, -0.1) is 9.78 Å². The Morgan fingerprint density at radius 3 is 2.35 bits per heavy atom. The number of carbonyl (C=O) groups is 1. The van der Waals surface area contributed by atoms with Gasteiger partial charge < -0.3 is 4.74 Å². The molecular weight excluding hydrogens is 392 g/mol. The molecule has 1 radical (unpaired) electrons. The Morgan fingerprint density at radius 1 is 1.27 bits per heavy atom. The molecule has 26 heavy (non-hydrogen) atoms. The van der Waals surface area contributed by atoms with E-state index in [-0.39, 0.29) is 40.2 Å². The largest absolute Gasteiger partial charge is 0.467 e. The van der Waals surface area contributed by atoms with E-state index in [4.69, 9.17) is 0 Å². The van der Waals surface area contributed by atoms with Gasteiger partial charge in [0.1, 0.15) is 0 Å². The van der Waals surface area contributed by atoms with Gasteiger partial charge in [-0.1, -0.05) is 12.1 Å². The maximum Gasteiger partial charge on any atom is 0.417 e. The summed E-state index contributed by atoms with van der Waals surface area (Å²) >= 11 is 0. The molecule has 0 aliphatic heterocycles. The minimum absolute atomic E-state index is 0. The molecule has 2 rings (SSSR count). The summed E-state index contributed by atoms with van der Waals surface area (Å²) < 4.78 is 70.1. The molecule has 14 heteroatoms. The maximum atomic E-state index is 12.9. The van der Waals surface area contributed by atoms with Crippen molar-refractivity contribution in [2.45, 2.75) is 11.1 Å². The first kappa shape index (κ1) is 22.2. The Morgan fingerprint density at radius 2 is 1.85 bits per heavy atom. The molecule has 9 nitrogen and oxygen atoms in total. The molecule has 0 saturated carbocycles. The SMILES string of the molecule is COc1nn(C(=O)NS(=O)(=O)c2ccccc2C(F)(F)F)c(=O)n1C.[Na]. The van der Waals surface area contributed by atoms with Gasteiger partial charge in [0, 0.05) is 36.6 Å². The standard InChI is InChI=1S/C12H11F3N4O5S.Na/c1-18-10(24-2)16-19(11(18)21)9(20)17-25(22,23)8-6-4-3-5-7(8)12(13,14)15;/h3-6H,1-2H3,(H,17,20);. The molecule has 0 atom stereocenters. The average molecular weight is 403 g/mol. The molecule has 0 aliphatic carbocycles. The smallest absolute Gasteiger partial charge is 0.417 e. The topological polar surface area (TPSA) is 112 Å². The van der Waals surface area contributed by atoms with Crippen molar-refractivity contribution in [2.24, 2.45) is 7.05 Å². The van der Waals surface area contributed by atoms with Gasteiger partial charge in [-0.3, -0.25) is 0 Å². The van der Waals surface area contributed by atoms with Crippen molar-refractivity contribution >= 4 is 45.6 Å². The molecule has 137 valence electrons. The van der Waals surface area contributed by atoms with Gasteiger partial charge in [0.15, 0.2) is 0 Å². The van der Waals surface area contributed by atoms with Gasteiger partial charge in [0.25, 0.3) is 10.0 Å². The molecule has 0 aliphatic rings. The van der Waals surface area contributed by atoms with Crippen LogP contribution in [-0.4, -0.2) is 65.5 Å². The monoisotopic (exact) mass is 403 g/mol. The average Bonchev–Trinajstić information content (AvgIpc) is 2.81. The minimum Gasteiger partial charge on any atom is -0.467 e. The van der Waals surface area contributed by atoms with E-state index in [2.05, 4.69) is 9.84 Å². The molecule has 0 bridgehead atoms. The Kier molecular flexibility index (Phi) is 6.68. The van der Waals surface area contributed by atoms with Crippen LogP contribution in [0.4, 0.5) is 18.0 Å². The molecule has 2 aromatic rings. The molecular formula is C12H11F3N4NaO5S. The number of ether oxygens (including phenoxy) is 1. The van der Waals surface area contributed by atoms with Crippen LogP contribution in [0.3, 0.4) is 0 Å². The van der Waals surface area contributed by atoms with Crippen LogP contribution >= 0.6 is 0 Å². The predicted molar refractivity (Wildman–Crippen MR) is 82.3 cm³/mol. The van der Waals surface area contributed by atoms with E-state index in [1.165, 1.54) is 11.8 Å². The Hall–Kier alpha value is -1.83. The minimum atomic E-state index is -4.96. The van der Waals surface area contributed by atoms with Crippen molar-refractivity contribution in [3.63, 3.8) is 0 Å². The third kappa shape index (κ3) is 4.28. The molecule has 1 heterocycles. The number of rotatable bonds is 3. The van der Waals surface area contributed by atoms with Crippen molar-refractivity contribution in [1.82, 2.24) is 19.1 Å². The van der Waals surface area contributed by atoms with E-state index in [0.717, 1.165) is 23.8 Å². The summed E-state index contributed by atoms with van der Waals surface area (Å²) in [6, 6.07) is 1.44. The van der Waals surface area contributed by atoms with Crippen LogP contribution < -0.4 is 15.1 Å². The number of amides is 1. The van der Waals surface area contributed by atoms with Crippen LogP contribution in [0.25, 0.3) is 0 Å². The number of aromatic nitrogens is 3. The number of benzene rings is 1. The van der Waals surface area contributed by atoms with Gasteiger partial charge in [-0.2, -0.15) is 13.2 Å². The quantitative estimate of drug-likeness (QED) is 0.732.